The Morgan fingerprint density at radius 3 is 2.86 bits per heavy atom. The molecule has 1 aromatic heterocycles. The molecule has 6 heteroatoms. The summed E-state index contributed by atoms with van der Waals surface area (Å²) in [6.07, 6.45) is 0.974. The third-order valence-electron chi connectivity index (χ3n) is 2.51. The number of nitrogens with two attached hydrogens (primary N) is 1. The van der Waals surface area contributed by atoms with Crippen LogP contribution >= 0.6 is 11.6 Å². The van der Waals surface area contributed by atoms with Crippen molar-refractivity contribution in [1.29, 1.82) is 0 Å². The first kappa shape index (κ1) is 15.0. The number of pyridine rings is 1. The number of anilines is 1. The van der Waals surface area contributed by atoms with Gasteiger partial charge in [-0.3, -0.25) is 4.79 Å². The summed E-state index contributed by atoms with van der Waals surface area (Å²) in [7, 11) is 0. The average Bonchev–Trinajstić information content (AvgIpc) is 2.47. The minimum absolute atomic E-state index is 0.0918. The van der Waals surface area contributed by atoms with Crippen molar-refractivity contribution in [3.8, 4) is 11.8 Å². The van der Waals surface area contributed by atoms with E-state index in [4.69, 9.17) is 17.3 Å². The second-order valence-electron chi connectivity index (χ2n) is 4.01. The number of amides is 1. The van der Waals surface area contributed by atoms with Gasteiger partial charge in [-0.25, -0.2) is 9.37 Å². The molecular weight excluding hydrogens is 293 g/mol. The first-order chi connectivity index (χ1) is 10.1. The van der Waals surface area contributed by atoms with Crippen LogP contribution in [-0.4, -0.2) is 17.4 Å². The number of carbonyl (C=O) groups is 1. The summed E-state index contributed by atoms with van der Waals surface area (Å²) in [6, 6.07) is 7.37. The van der Waals surface area contributed by atoms with Crippen molar-refractivity contribution in [1.82, 2.24) is 4.98 Å². The maximum atomic E-state index is 12.8. The van der Waals surface area contributed by atoms with Crippen LogP contribution in [0.1, 0.15) is 16.1 Å². The fraction of sp³-hybridized carbons (Fsp3) is 0.0667. The molecule has 1 aromatic carbocycles. The standard InChI is InChI=1S/C15H11ClFN3O/c16-11-4-3-10(2-1-7-18)14(8-11)20-15(21)13-6-5-12(17)9-19-13/h3-6,8-9H,7,18H2,(H,20,21). The molecule has 106 valence electrons. The highest BCUT2D eigenvalue weighted by Gasteiger charge is 2.10. The van der Waals surface area contributed by atoms with Gasteiger partial charge >= 0.3 is 0 Å². The zero-order chi connectivity index (χ0) is 15.2. The van der Waals surface area contributed by atoms with Crippen LogP contribution in [0, 0.1) is 17.7 Å². The largest absolute Gasteiger partial charge is 0.320 e. The van der Waals surface area contributed by atoms with E-state index in [0.717, 1.165) is 12.3 Å². The summed E-state index contributed by atoms with van der Waals surface area (Å²) in [5, 5.41) is 3.10. The predicted octanol–water partition coefficient (Wildman–Crippen LogP) is 2.44. The lowest BCUT2D eigenvalue weighted by molar-refractivity contribution is 0.102. The Labute approximate surface area is 126 Å². The van der Waals surface area contributed by atoms with Gasteiger partial charge in [-0.15, -0.1) is 0 Å². The SMILES string of the molecule is NCC#Cc1ccc(Cl)cc1NC(=O)c1ccc(F)cn1. The summed E-state index contributed by atoms with van der Waals surface area (Å²) in [4.78, 5) is 15.8. The van der Waals surface area contributed by atoms with Crippen molar-refractivity contribution in [2.45, 2.75) is 0 Å². The van der Waals surface area contributed by atoms with Crippen LogP contribution in [0.15, 0.2) is 36.5 Å². The summed E-state index contributed by atoms with van der Waals surface area (Å²) < 4.78 is 12.8. The van der Waals surface area contributed by atoms with Gasteiger partial charge in [0.05, 0.1) is 18.4 Å². The number of benzene rings is 1. The van der Waals surface area contributed by atoms with E-state index in [0.29, 0.717) is 16.3 Å². The topological polar surface area (TPSA) is 68.0 Å². The fourth-order valence-corrected chi connectivity index (χ4v) is 1.74. The number of aromatic nitrogens is 1. The third-order valence-corrected chi connectivity index (χ3v) is 2.75. The lowest BCUT2D eigenvalue weighted by Crippen LogP contribution is -2.14. The second-order valence-corrected chi connectivity index (χ2v) is 4.45. The Kier molecular flexibility index (Phi) is 4.88. The van der Waals surface area contributed by atoms with Gasteiger partial charge in [0.2, 0.25) is 0 Å². The van der Waals surface area contributed by atoms with Crippen molar-refractivity contribution in [2.75, 3.05) is 11.9 Å². The lowest BCUT2D eigenvalue weighted by Gasteiger charge is -2.07. The lowest BCUT2D eigenvalue weighted by atomic mass is 10.1. The molecule has 0 saturated heterocycles. The van der Waals surface area contributed by atoms with E-state index in [2.05, 4.69) is 22.1 Å². The normalized spacial score (nSPS) is 9.67. The summed E-state index contributed by atoms with van der Waals surface area (Å²) >= 11 is 5.91. The van der Waals surface area contributed by atoms with E-state index in [1.54, 1.807) is 18.2 Å². The van der Waals surface area contributed by atoms with Gasteiger partial charge in [-0.05, 0) is 30.3 Å². The van der Waals surface area contributed by atoms with Crippen molar-refractivity contribution in [3.05, 3.63) is 58.6 Å². The maximum absolute atomic E-state index is 12.8. The molecule has 0 bridgehead atoms. The summed E-state index contributed by atoms with van der Waals surface area (Å²) in [6.45, 7) is 0.204. The molecule has 0 aliphatic heterocycles. The van der Waals surface area contributed by atoms with Gasteiger partial charge in [0.25, 0.3) is 5.91 Å². The van der Waals surface area contributed by atoms with Crippen LogP contribution in [-0.2, 0) is 0 Å². The molecule has 2 aromatic rings. The molecular formula is C15H11ClFN3O. The molecule has 0 saturated carbocycles. The van der Waals surface area contributed by atoms with Crippen LogP contribution in [0.4, 0.5) is 10.1 Å². The number of nitrogens with zero attached hydrogens (tertiary/aromatic N) is 1. The van der Waals surface area contributed by atoms with Crippen molar-refractivity contribution >= 4 is 23.2 Å². The minimum Gasteiger partial charge on any atom is -0.320 e. The first-order valence-electron chi connectivity index (χ1n) is 6.01. The Balaban J connectivity index is 2.27. The van der Waals surface area contributed by atoms with Gasteiger partial charge in [0.1, 0.15) is 11.5 Å². The van der Waals surface area contributed by atoms with E-state index >= 15 is 0 Å². The number of carbonyl (C=O) groups excluding carboxylic acids is 1. The van der Waals surface area contributed by atoms with Crippen molar-refractivity contribution in [3.63, 3.8) is 0 Å². The number of halogens is 2. The number of hydrogen-bond donors (Lipinski definition) is 2. The molecule has 21 heavy (non-hydrogen) atoms. The van der Waals surface area contributed by atoms with Crippen molar-refractivity contribution < 1.29 is 9.18 Å². The monoisotopic (exact) mass is 303 g/mol. The molecule has 0 fully saturated rings. The predicted molar refractivity (Wildman–Crippen MR) is 79.5 cm³/mol. The van der Waals surface area contributed by atoms with E-state index in [1.807, 2.05) is 0 Å². The van der Waals surface area contributed by atoms with Gasteiger partial charge < -0.3 is 11.1 Å². The summed E-state index contributed by atoms with van der Waals surface area (Å²) in [5.41, 5.74) is 6.45. The van der Waals surface area contributed by atoms with E-state index < -0.39 is 11.7 Å². The average molecular weight is 304 g/mol. The molecule has 4 nitrogen and oxygen atoms in total. The third kappa shape index (κ3) is 4.02. The molecule has 0 unspecified atom stereocenters. The summed E-state index contributed by atoms with van der Waals surface area (Å²) in [5.74, 6) is 4.55. The smallest absolute Gasteiger partial charge is 0.274 e. The van der Waals surface area contributed by atoms with E-state index in [1.165, 1.54) is 6.07 Å². The molecule has 0 atom stereocenters. The molecule has 1 heterocycles. The van der Waals surface area contributed by atoms with E-state index in [-0.39, 0.29) is 12.2 Å². The molecule has 0 aliphatic carbocycles. The zero-order valence-electron chi connectivity index (χ0n) is 10.9. The molecule has 0 aliphatic rings. The highest BCUT2D eigenvalue weighted by atomic mass is 35.5. The van der Waals surface area contributed by atoms with Gasteiger partial charge in [-0.2, -0.15) is 0 Å². The Morgan fingerprint density at radius 1 is 1.38 bits per heavy atom. The molecule has 3 N–H and O–H groups in total. The van der Waals surface area contributed by atoms with Gasteiger partial charge in [0, 0.05) is 10.6 Å². The first-order valence-corrected chi connectivity index (χ1v) is 6.39. The number of hydrogen-bond acceptors (Lipinski definition) is 3. The van der Waals surface area contributed by atoms with Gasteiger partial charge in [0.15, 0.2) is 0 Å². The Bertz CT molecular complexity index is 720. The second kappa shape index (κ2) is 6.84. The zero-order valence-corrected chi connectivity index (χ0v) is 11.6. The van der Waals surface area contributed by atoms with Gasteiger partial charge in [-0.1, -0.05) is 23.4 Å². The van der Waals surface area contributed by atoms with Crippen LogP contribution < -0.4 is 11.1 Å². The van der Waals surface area contributed by atoms with Crippen molar-refractivity contribution in [2.24, 2.45) is 5.73 Å². The highest BCUT2D eigenvalue weighted by molar-refractivity contribution is 6.31. The van der Waals surface area contributed by atoms with Crippen LogP contribution in [0.5, 0.6) is 0 Å². The molecule has 2 rings (SSSR count). The van der Waals surface area contributed by atoms with Crippen LogP contribution in [0.3, 0.4) is 0 Å². The molecule has 1 amide bonds. The maximum Gasteiger partial charge on any atom is 0.274 e. The molecule has 0 spiro atoms. The molecule has 0 radical (unpaired) electrons. The Hall–Kier alpha value is -2.42. The Morgan fingerprint density at radius 2 is 2.19 bits per heavy atom. The fourth-order valence-electron chi connectivity index (χ4n) is 1.57. The number of rotatable bonds is 2. The van der Waals surface area contributed by atoms with E-state index in [9.17, 15) is 9.18 Å². The van der Waals surface area contributed by atoms with Crippen LogP contribution in [0.25, 0.3) is 0 Å². The van der Waals surface area contributed by atoms with Crippen LogP contribution in [0.2, 0.25) is 5.02 Å². The number of nitrogens with one attached hydrogen (secondary N) is 1. The quantitative estimate of drug-likeness (QED) is 0.837. The minimum atomic E-state index is -0.510. The highest BCUT2D eigenvalue weighted by Crippen LogP contribution is 2.21.